The van der Waals surface area contributed by atoms with Gasteiger partial charge in [-0.25, -0.2) is 0 Å². The standard InChI is InChI=1S/C14H16ClNO/c1-2-11-5-3-10(9-13(11)15)4-6-12-7-8-14(17)16-12/h3-6,9,12H,2,7-8H2,1H3,(H,16,17)/b6-4+/t12-/m0/s1. The van der Waals surface area contributed by atoms with Gasteiger partial charge in [0.15, 0.2) is 0 Å². The SMILES string of the molecule is CCc1ccc(/C=C/[C@H]2CCC(=O)N2)cc1Cl. The molecule has 1 aliphatic rings. The van der Waals surface area contributed by atoms with Gasteiger partial charge in [-0.1, -0.05) is 42.8 Å². The molecular formula is C14H16ClNO. The van der Waals surface area contributed by atoms with E-state index in [1.807, 2.05) is 18.2 Å². The zero-order valence-corrected chi connectivity index (χ0v) is 10.6. The van der Waals surface area contributed by atoms with E-state index in [1.54, 1.807) is 0 Å². The van der Waals surface area contributed by atoms with Crippen molar-refractivity contribution in [1.29, 1.82) is 0 Å². The van der Waals surface area contributed by atoms with E-state index in [1.165, 1.54) is 0 Å². The molecule has 0 radical (unpaired) electrons. The molecule has 0 bridgehead atoms. The summed E-state index contributed by atoms with van der Waals surface area (Å²) in [5.41, 5.74) is 2.24. The van der Waals surface area contributed by atoms with Gasteiger partial charge >= 0.3 is 0 Å². The van der Waals surface area contributed by atoms with Gasteiger partial charge < -0.3 is 5.32 Å². The molecule has 1 amide bonds. The number of amides is 1. The first-order chi connectivity index (χ1) is 8.19. The minimum absolute atomic E-state index is 0.138. The predicted molar refractivity (Wildman–Crippen MR) is 71.0 cm³/mol. The normalized spacial score (nSPS) is 19.9. The molecule has 0 aliphatic carbocycles. The first kappa shape index (κ1) is 12.2. The molecule has 0 saturated carbocycles. The maximum Gasteiger partial charge on any atom is 0.220 e. The van der Waals surface area contributed by atoms with Crippen molar-refractivity contribution in [3.8, 4) is 0 Å². The zero-order valence-electron chi connectivity index (χ0n) is 9.87. The molecule has 1 N–H and O–H groups in total. The average molecular weight is 250 g/mol. The molecule has 17 heavy (non-hydrogen) atoms. The number of hydrogen-bond donors (Lipinski definition) is 1. The number of nitrogens with one attached hydrogen (secondary N) is 1. The van der Waals surface area contributed by atoms with Crippen molar-refractivity contribution in [1.82, 2.24) is 5.32 Å². The van der Waals surface area contributed by atoms with Gasteiger partial charge in [0.2, 0.25) is 5.91 Å². The van der Waals surface area contributed by atoms with Crippen molar-refractivity contribution in [3.05, 3.63) is 40.4 Å². The van der Waals surface area contributed by atoms with Crippen LogP contribution in [0.25, 0.3) is 6.08 Å². The minimum atomic E-state index is 0.138. The lowest BCUT2D eigenvalue weighted by Crippen LogP contribution is -2.22. The molecular weight excluding hydrogens is 234 g/mol. The van der Waals surface area contributed by atoms with E-state index in [4.69, 9.17) is 11.6 Å². The van der Waals surface area contributed by atoms with Gasteiger partial charge in [-0.05, 0) is 30.0 Å². The van der Waals surface area contributed by atoms with Crippen LogP contribution in [0.2, 0.25) is 5.02 Å². The van der Waals surface area contributed by atoms with Crippen LogP contribution in [0.3, 0.4) is 0 Å². The molecule has 1 fully saturated rings. The van der Waals surface area contributed by atoms with Gasteiger partial charge in [-0.2, -0.15) is 0 Å². The van der Waals surface area contributed by atoms with Gasteiger partial charge in [-0.15, -0.1) is 0 Å². The van der Waals surface area contributed by atoms with Crippen LogP contribution in [-0.2, 0) is 11.2 Å². The van der Waals surface area contributed by atoms with Crippen LogP contribution in [0, 0.1) is 0 Å². The van der Waals surface area contributed by atoms with Gasteiger partial charge in [-0.3, -0.25) is 4.79 Å². The highest BCUT2D eigenvalue weighted by molar-refractivity contribution is 6.31. The number of benzene rings is 1. The van der Waals surface area contributed by atoms with E-state index in [0.29, 0.717) is 6.42 Å². The van der Waals surface area contributed by atoms with Gasteiger partial charge in [0, 0.05) is 17.5 Å². The molecule has 2 rings (SSSR count). The lowest BCUT2D eigenvalue weighted by atomic mass is 10.1. The Labute approximate surface area is 107 Å². The maximum atomic E-state index is 11.0. The molecule has 1 aliphatic heterocycles. The summed E-state index contributed by atoms with van der Waals surface area (Å²) in [5.74, 6) is 0.138. The van der Waals surface area contributed by atoms with E-state index in [9.17, 15) is 4.79 Å². The second-order valence-corrected chi connectivity index (χ2v) is 4.68. The Balaban J connectivity index is 2.06. The van der Waals surface area contributed by atoms with Crippen LogP contribution >= 0.6 is 11.6 Å². The summed E-state index contributed by atoms with van der Waals surface area (Å²) in [7, 11) is 0. The Bertz CT molecular complexity index is 454. The van der Waals surface area contributed by atoms with Gasteiger partial charge in [0.05, 0.1) is 0 Å². The average Bonchev–Trinajstić information content (AvgIpc) is 2.73. The highest BCUT2D eigenvalue weighted by atomic mass is 35.5. The molecule has 1 saturated heterocycles. The fourth-order valence-corrected chi connectivity index (χ4v) is 2.29. The summed E-state index contributed by atoms with van der Waals surface area (Å²) in [6.07, 6.45) is 6.51. The third-order valence-corrected chi connectivity index (χ3v) is 3.36. The predicted octanol–water partition coefficient (Wildman–Crippen LogP) is 3.19. The highest BCUT2D eigenvalue weighted by Gasteiger charge is 2.17. The number of aryl methyl sites for hydroxylation is 1. The van der Waals surface area contributed by atoms with Gasteiger partial charge in [0.25, 0.3) is 0 Å². The highest BCUT2D eigenvalue weighted by Crippen LogP contribution is 2.19. The first-order valence-corrected chi connectivity index (χ1v) is 6.33. The molecule has 1 aromatic carbocycles. The molecule has 0 unspecified atom stereocenters. The summed E-state index contributed by atoms with van der Waals surface area (Å²) in [6.45, 7) is 2.09. The number of hydrogen-bond acceptors (Lipinski definition) is 1. The summed E-state index contributed by atoms with van der Waals surface area (Å²) >= 11 is 6.14. The number of carbonyl (C=O) groups excluding carboxylic acids is 1. The smallest absolute Gasteiger partial charge is 0.220 e. The van der Waals surface area contributed by atoms with Gasteiger partial charge in [0.1, 0.15) is 0 Å². The summed E-state index contributed by atoms with van der Waals surface area (Å²) in [6, 6.07) is 6.24. The Morgan fingerprint density at radius 3 is 2.94 bits per heavy atom. The Morgan fingerprint density at radius 1 is 1.53 bits per heavy atom. The van der Waals surface area contributed by atoms with Crippen molar-refractivity contribution >= 4 is 23.6 Å². The zero-order chi connectivity index (χ0) is 12.3. The van der Waals surface area contributed by atoms with E-state index < -0.39 is 0 Å². The number of halogens is 1. The fourth-order valence-electron chi connectivity index (χ4n) is 1.96. The summed E-state index contributed by atoms with van der Waals surface area (Å²) in [5, 5.41) is 3.71. The Hall–Kier alpha value is -1.28. The Morgan fingerprint density at radius 2 is 2.35 bits per heavy atom. The van der Waals surface area contributed by atoms with Crippen LogP contribution in [0.15, 0.2) is 24.3 Å². The van der Waals surface area contributed by atoms with E-state index in [0.717, 1.165) is 29.0 Å². The van der Waals surface area contributed by atoms with Crippen LogP contribution in [0.4, 0.5) is 0 Å². The quantitative estimate of drug-likeness (QED) is 0.876. The van der Waals surface area contributed by atoms with Crippen LogP contribution in [-0.4, -0.2) is 11.9 Å². The van der Waals surface area contributed by atoms with Crippen molar-refractivity contribution in [2.45, 2.75) is 32.2 Å². The minimum Gasteiger partial charge on any atom is -0.350 e. The molecule has 0 spiro atoms. The van der Waals surface area contributed by atoms with Crippen molar-refractivity contribution in [3.63, 3.8) is 0 Å². The third kappa shape index (κ3) is 3.10. The Kier molecular flexibility index (Phi) is 3.85. The van der Waals surface area contributed by atoms with Crippen molar-refractivity contribution in [2.75, 3.05) is 0 Å². The molecule has 2 nitrogen and oxygen atoms in total. The number of carbonyl (C=O) groups is 1. The lowest BCUT2D eigenvalue weighted by Gasteiger charge is -2.04. The van der Waals surface area contributed by atoms with Crippen LogP contribution < -0.4 is 5.32 Å². The molecule has 3 heteroatoms. The van der Waals surface area contributed by atoms with Crippen LogP contribution in [0.1, 0.15) is 30.9 Å². The molecule has 90 valence electrons. The second-order valence-electron chi connectivity index (χ2n) is 4.28. The number of rotatable bonds is 3. The summed E-state index contributed by atoms with van der Waals surface area (Å²) < 4.78 is 0. The lowest BCUT2D eigenvalue weighted by molar-refractivity contribution is -0.119. The molecule has 1 heterocycles. The topological polar surface area (TPSA) is 29.1 Å². The molecule has 1 aromatic rings. The van der Waals surface area contributed by atoms with E-state index in [2.05, 4.69) is 24.4 Å². The van der Waals surface area contributed by atoms with E-state index >= 15 is 0 Å². The monoisotopic (exact) mass is 249 g/mol. The van der Waals surface area contributed by atoms with Crippen LogP contribution in [0.5, 0.6) is 0 Å². The van der Waals surface area contributed by atoms with E-state index in [-0.39, 0.29) is 11.9 Å². The fraction of sp³-hybridized carbons (Fsp3) is 0.357. The first-order valence-electron chi connectivity index (χ1n) is 5.95. The molecule has 0 aromatic heterocycles. The van der Waals surface area contributed by atoms with Crippen molar-refractivity contribution < 1.29 is 4.79 Å². The maximum absolute atomic E-state index is 11.0. The molecule has 1 atom stereocenters. The third-order valence-electron chi connectivity index (χ3n) is 3.01. The van der Waals surface area contributed by atoms with Crippen molar-refractivity contribution in [2.24, 2.45) is 0 Å². The second kappa shape index (κ2) is 5.37. The summed E-state index contributed by atoms with van der Waals surface area (Å²) in [4.78, 5) is 11.0. The largest absolute Gasteiger partial charge is 0.350 e.